The standard InChI is InChI=1S/C6H10N4O/c1-10-4-7-2-6(11)9-3-8-5-10/h3-4H,2,5H2,1H3,(H,8,9,11). The number of carbonyl (C=O) groups excluding carboxylic acids is 1. The maximum Gasteiger partial charge on any atom is 0.246 e. The van der Waals surface area contributed by atoms with Gasteiger partial charge in [-0.3, -0.25) is 14.8 Å². The average Bonchev–Trinajstić information content (AvgIpc) is 2.04. The Labute approximate surface area is 64.8 Å². The van der Waals surface area contributed by atoms with Crippen molar-refractivity contribution in [3.8, 4) is 0 Å². The Hall–Kier alpha value is -1.39. The number of nitrogens with one attached hydrogen (secondary N) is 1. The molecule has 0 aliphatic carbocycles. The van der Waals surface area contributed by atoms with Gasteiger partial charge in [-0.2, -0.15) is 0 Å². The van der Waals surface area contributed by atoms with E-state index in [4.69, 9.17) is 0 Å². The molecule has 1 N–H and O–H groups in total. The molecule has 0 bridgehead atoms. The number of amides is 1. The zero-order valence-electron chi connectivity index (χ0n) is 6.32. The highest BCUT2D eigenvalue weighted by molar-refractivity contribution is 5.89. The van der Waals surface area contributed by atoms with Crippen molar-refractivity contribution >= 4 is 18.6 Å². The minimum atomic E-state index is -0.139. The van der Waals surface area contributed by atoms with Crippen LogP contribution >= 0.6 is 0 Å². The van der Waals surface area contributed by atoms with Crippen molar-refractivity contribution in [1.82, 2.24) is 10.2 Å². The molecule has 0 aromatic carbocycles. The quantitative estimate of drug-likeness (QED) is 0.489. The van der Waals surface area contributed by atoms with Gasteiger partial charge in [-0.05, 0) is 0 Å². The number of carbonyl (C=O) groups is 1. The second kappa shape index (κ2) is 3.70. The van der Waals surface area contributed by atoms with E-state index in [9.17, 15) is 4.79 Å². The minimum absolute atomic E-state index is 0.139. The summed E-state index contributed by atoms with van der Waals surface area (Å²) >= 11 is 0. The molecule has 1 amide bonds. The first-order valence-corrected chi connectivity index (χ1v) is 3.27. The summed E-state index contributed by atoms with van der Waals surface area (Å²) in [4.78, 5) is 20.3. The van der Waals surface area contributed by atoms with E-state index in [0.29, 0.717) is 6.67 Å². The van der Waals surface area contributed by atoms with Gasteiger partial charge in [0.05, 0.1) is 12.7 Å². The third-order valence-corrected chi connectivity index (χ3v) is 1.14. The Balaban J connectivity index is 2.56. The predicted octanol–water partition coefficient (Wildman–Crippen LogP) is -0.938. The average molecular weight is 154 g/mol. The van der Waals surface area contributed by atoms with Crippen LogP contribution in [-0.2, 0) is 4.79 Å². The Morgan fingerprint density at radius 1 is 1.64 bits per heavy atom. The normalized spacial score (nSPS) is 18.6. The molecule has 5 nitrogen and oxygen atoms in total. The van der Waals surface area contributed by atoms with Crippen LogP contribution in [0.5, 0.6) is 0 Å². The number of hydrogen-bond acceptors (Lipinski definition) is 4. The van der Waals surface area contributed by atoms with Crippen LogP contribution in [0.1, 0.15) is 0 Å². The molecule has 0 aromatic rings. The van der Waals surface area contributed by atoms with Crippen LogP contribution in [-0.4, -0.2) is 43.7 Å². The fourth-order valence-electron chi connectivity index (χ4n) is 0.633. The van der Waals surface area contributed by atoms with E-state index in [-0.39, 0.29) is 12.5 Å². The molecule has 0 spiro atoms. The molecule has 11 heavy (non-hydrogen) atoms. The van der Waals surface area contributed by atoms with E-state index in [2.05, 4.69) is 15.3 Å². The predicted molar refractivity (Wildman–Crippen MR) is 42.6 cm³/mol. The number of rotatable bonds is 0. The van der Waals surface area contributed by atoms with Gasteiger partial charge in [0.15, 0.2) is 0 Å². The van der Waals surface area contributed by atoms with Crippen LogP contribution in [0.3, 0.4) is 0 Å². The summed E-state index contributed by atoms with van der Waals surface area (Å²) in [6, 6.07) is 0. The molecule has 60 valence electrons. The highest BCUT2D eigenvalue weighted by atomic mass is 16.1. The van der Waals surface area contributed by atoms with Gasteiger partial charge in [-0.25, -0.2) is 0 Å². The van der Waals surface area contributed by atoms with Gasteiger partial charge in [0.1, 0.15) is 13.2 Å². The minimum Gasteiger partial charge on any atom is -0.347 e. The number of aliphatic imine (C=N–C) groups is 2. The Bertz CT molecular complexity index is 199. The third-order valence-electron chi connectivity index (χ3n) is 1.14. The summed E-state index contributed by atoms with van der Waals surface area (Å²) in [5.41, 5.74) is 0. The Morgan fingerprint density at radius 3 is 3.27 bits per heavy atom. The first-order chi connectivity index (χ1) is 5.29. The summed E-state index contributed by atoms with van der Waals surface area (Å²) < 4.78 is 0. The lowest BCUT2D eigenvalue weighted by Gasteiger charge is -2.06. The van der Waals surface area contributed by atoms with Gasteiger partial charge in [-0.1, -0.05) is 0 Å². The molecule has 0 atom stereocenters. The zero-order valence-corrected chi connectivity index (χ0v) is 6.32. The van der Waals surface area contributed by atoms with E-state index in [1.54, 1.807) is 11.2 Å². The number of hydrogen-bond donors (Lipinski definition) is 1. The van der Waals surface area contributed by atoms with Gasteiger partial charge in [-0.15, -0.1) is 0 Å². The second-order valence-corrected chi connectivity index (χ2v) is 2.23. The SMILES string of the molecule is CN1C=NCC(=O)NC=NC1. The topological polar surface area (TPSA) is 57.1 Å². The molecule has 1 rings (SSSR count). The first-order valence-electron chi connectivity index (χ1n) is 3.27. The summed E-state index contributed by atoms with van der Waals surface area (Å²) in [5, 5.41) is 2.47. The van der Waals surface area contributed by atoms with Gasteiger partial charge < -0.3 is 10.2 Å². The van der Waals surface area contributed by atoms with Crippen LogP contribution in [0.15, 0.2) is 9.98 Å². The Morgan fingerprint density at radius 2 is 2.45 bits per heavy atom. The van der Waals surface area contributed by atoms with Gasteiger partial charge in [0.2, 0.25) is 5.91 Å². The molecule has 0 aromatic heterocycles. The molecule has 1 heterocycles. The smallest absolute Gasteiger partial charge is 0.246 e. The van der Waals surface area contributed by atoms with Gasteiger partial charge in [0, 0.05) is 7.05 Å². The van der Waals surface area contributed by atoms with Crippen molar-refractivity contribution in [2.75, 3.05) is 20.3 Å². The van der Waals surface area contributed by atoms with Crippen molar-refractivity contribution in [1.29, 1.82) is 0 Å². The molecule has 5 heteroatoms. The van der Waals surface area contributed by atoms with E-state index in [0.717, 1.165) is 0 Å². The lowest BCUT2D eigenvalue weighted by Crippen LogP contribution is -2.23. The summed E-state index contributed by atoms with van der Waals surface area (Å²) in [6.07, 6.45) is 3.00. The van der Waals surface area contributed by atoms with Crippen molar-refractivity contribution in [3.05, 3.63) is 0 Å². The van der Waals surface area contributed by atoms with Gasteiger partial charge in [0.25, 0.3) is 0 Å². The molecule has 0 saturated carbocycles. The fourth-order valence-corrected chi connectivity index (χ4v) is 0.633. The number of nitrogens with zero attached hydrogens (tertiary/aromatic N) is 3. The van der Waals surface area contributed by atoms with Crippen molar-refractivity contribution in [2.24, 2.45) is 9.98 Å². The molecule has 1 aliphatic rings. The van der Waals surface area contributed by atoms with Crippen LogP contribution in [0.4, 0.5) is 0 Å². The molecule has 1 aliphatic heterocycles. The first kappa shape index (κ1) is 7.71. The molecule has 0 radical (unpaired) electrons. The molecule has 0 fully saturated rings. The van der Waals surface area contributed by atoms with Crippen LogP contribution in [0.25, 0.3) is 0 Å². The van der Waals surface area contributed by atoms with E-state index >= 15 is 0 Å². The molecular formula is C6H10N4O. The summed E-state index contributed by atoms with van der Waals surface area (Å²) in [6.45, 7) is 0.681. The van der Waals surface area contributed by atoms with E-state index in [1.165, 1.54) is 6.34 Å². The second-order valence-electron chi connectivity index (χ2n) is 2.23. The van der Waals surface area contributed by atoms with Crippen LogP contribution in [0.2, 0.25) is 0 Å². The Kier molecular flexibility index (Phi) is 2.59. The highest BCUT2D eigenvalue weighted by Crippen LogP contribution is 1.80. The summed E-state index contributed by atoms with van der Waals surface area (Å²) in [5.74, 6) is -0.139. The van der Waals surface area contributed by atoms with Gasteiger partial charge >= 0.3 is 0 Å². The van der Waals surface area contributed by atoms with Crippen LogP contribution < -0.4 is 5.32 Å². The largest absolute Gasteiger partial charge is 0.347 e. The van der Waals surface area contributed by atoms with Crippen molar-refractivity contribution in [3.63, 3.8) is 0 Å². The molecule has 0 unspecified atom stereocenters. The summed E-state index contributed by atoms with van der Waals surface area (Å²) in [7, 11) is 1.84. The zero-order chi connectivity index (χ0) is 8.10. The molecular weight excluding hydrogens is 144 g/mol. The maximum absolute atomic E-state index is 10.8. The van der Waals surface area contributed by atoms with E-state index < -0.39 is 0 Å². The third kappa shape index (κ3) is 2.79. The van der Waals surface area contributed by atoms with Crippen molar-refractivity contribution < 1.29 is 4.79 Å². The van der Waals surface area contributed by atoms with Crippen LogP contribution in [0, 0.1) is 0 Å². The highest BCUT2D eigenvalue weighted by Gasteiger charge is 1.97. The monoisotopic (exact) mass is 154 g/mol. The lowest BCUT2D eigenvalue weighted by atomic mass is 10.6. The lowest BCUT2D eigenvalue weighted by molar-refractivity contribution is -0.118. The maximum atomic E-state index is 10.8. The molecule has 0 saturated heterocycles. The fraction of sp³-hybridized carbons (Fsp3) is 0.500. The van der Waals surface area contributed by atoms with Crippen molar-refractivity contribution in [2.45, 2.75) is 0 Å². The van der Waals surface area contributed by atoms with E-state index in [1.807, 2.05) is 7.05 Å².